The average Bonchev–Trinajstić information content (AvgIpc) is 2.46. The fraction of sp³-hybridized carbons (Fsp3) is 0.231. The lowest BCUT2D eigenvalue weighted by Gasteiger charge is -2.04. The number of aromatic nitrogens is 3. The number of thioether (sulfide) groups is 1. The molecule has 0 fully saturated rings. The number of H-pyrrole nitrogens is 1. The van der Waals surface area contributed by atoms with Crippen LogP contribution in [0, 0.1) is 11.3 Å². The molecule has 7 heteroatoms. The van der Waals surface area contributed by atoms with Crippen LogP contribution in [0.3, 0.4) is 0 Å². The predicted octanol–water partition coefficient (Wildman–Crippen LogP) is 1.14. The summed E-state index contributed by atoms with van der Waals surface area (Å²) in [6.07, 6.45) is 0.168. The Morgan fingerprint density at radius 3 is 2.75 bits per heavy atom. The highest BCUT2D eigenvalue weighted by atomic mass is 32.2. The number of aryl methyl sites for hydroxylation is 1. The molecule has 1 aromatic carbocycles. The molecule has 0 aliphatic rings. The Bertz CT molecular complexity index is 731. The van der Waals surface area contributed by atoms with Gasteiger partial charge in [-0.3, -0.25) is 9.78 Å². The molecule has 1 heterocycles. The highest BCUT2D eigenvalue weighted by molar-refractivity contribution is 7.98. The fourth-order valence-corrected chi connectivity index (χ4v) is 2.38. The van der Waals surface area contributed by atoms with Gasteiger partial charge >= 0.3 is 5.69 Å². The summed E-state index contributed by atoms with van der Waals surface area (Å²) < 4.78 is 1.11. The van der Waals surface area contributed by atoms with Crippen molar-refractivity contribution in [3.05, 3.63) is 56.7 Å². The Labute approximate surface area is 119 Å². The molecule has 6 nitrogen and oxygen atoms in total. The molecule has 0 saturated heterocycles. The third-order valence-corrected chi connectivity index (χ3v) is 3.53. The number of rotatable bonds is 5. The van der Waals surface area contributed by atoms with E-state index in [1.807, 2.05) is 36.4 Å². The first-order chi connectivity index (χ1) is 9.70. The van der Waals surface area contributed by atoms with Gasteiger partial charge in [0.1, 0.15) is 0 Å². The zero-order valence-corrected chi connectivity index (χ0v) is 11.4. The van der Waals surface area contributed by atoms with Crippen molar-refractivity contribution in [3.63, 3.8) is 0 Å². The van der Waals surface area contributed by atoms with Gasteiger partial charge in [-0.25, -0.2) is 9.48 Å². The SMILES string of the molecule is N#CCCn1nc(SCc2ccccc2)c(=O)[nH]c1=O. The predicted molar refractivity (Wildman–Crippen MR) is 75.4 cm³/mol. The maximum atomic E-state index is 11.7. The van der Waals surface area contributed by atoms with E-state index >= 15 is 0 Å². The van der Waals surface area contributed by atoms with Gasteiger partial charge in [-0.2, -0.15) is 10.4 Å². The third kappa shape index (κ3) is 3.59. The molecule has 0 aliphatic carbocycles. The largest absolute Gasteiger partial charge is 0.344 e. The Morgan fingerprint density at radius 1 is 1.30 bits per heavy atom. The van der Waals surface area contributed by atoms with Crippen LogP contribution in [-0.2, 0) is 12.3 Å². The van der Waals surface area contributed by atoms with Crippen LogP contribution in [0.2, 0.25) is 0 Å². The van der Waals surface area contributed by atoms with Crippen LogP contribution in [0.1, 0.15) is 12.0 Å². The molecule has 102 valence electrons. The number of aromatic amines is 1. The molecule has 0 radical (unpaired) electrons. The van der Waals surface area contributed by atoms with Crippen LogP contribution in [0.4, 0.5) is 0 Å². The standard InChI is InChI=1S/C13H12N4O2S/c14-7-4-8-17-13(19)15-11(18)12(16-17)20-9-10-5-2-1-3-6-10/h1-3,5-6H,4,8-9H2,(H,15,18,19). The monoisotopic (exact) mass is 288 g/mol. The van der Waals surface area contributed by atoms with Crippen molar-refractivity contribution in [2.45, 2.75) is 23.7 Å². The lowest BCUT2D eigenvalue weighted by molar-refractivity contribution is 0.536. The summed E-state index contributed by atoms with van der Waals surface area (Å²) in [5.41, 5.74) is -0.0214. The van der Waals surface area contributed by atoms with E-state index in [-0.39, 0.29) is 18.0 Å². The number of nitrogens with one attached hydrogen (secondary N) is 1. The van der Waals surface area contributed by atoms with E-state index in [1.54, 1.807) is 0 Å². The summed E-state index contributed by atoms with van der Waals surface area (Å²) >= 11 is 1.26. The molecule has 0 unspecified atom stereocenters. The minimum Gasteiger partial charge on any atom is -0.270 e. The molecule has 1 aromatic heterocycles. The molecule has 2 aromatic rings. The Morgan fingerprint density at radius 2 is 2.05 bits per heavy atom. The first kappa shape index (κ1) is 14.1. The first-order valence-corrected chi connectivity index (χ1v) is 6.94. The average molecular weight is 288 g/mol. The molecule has 0 amide bonds. The summed E-state index contributed by atoms with van der Waals surface area (Å²) in [5, 5.41) is 12.7. The highest BCUT2D eigenvalue weighted by Gasteiger charge is 2.07. The van der Waals surface area contributed by atoms with E-state index in [1.165, 1.54) is 11.8 Å². The summed E-state index contributed by atoms with van der Waals surface area (Å²) in [6.45, 7) is 0.172. The van der Waals surface area contributed by atoms with Crippen LogP contribution in [0.15, 0.2) is 44.9 Å². The maximum absolute atomic E-state index is 11.7. The third-order valence-electron chi connectivity index (χ3n) is 2.51. The molecule has 0 atom stereocenters. The van der Waals surface area contributed by atoms with Crippen LogP contribution in [-0.4, -0.2) is 14.8 Å². The van der Waals surface area contributed by atoms with Crippen molar-refractivity contribution in [1.82, 2.24) is 14.8 Å². The number of hydrogen-bond acceptors (Lipinski definition) is 5. The van der Waals surface area contributed by atoms with Crippen LogP contribution < -0.4 is 11.2 Å². The van der Waals surface area contributed by atoms with E-state index < -0.39 is 11.2 Å². The summed E-state index contributed by atoms with van der Waals surface area (Å²) in [4.78, 5) is 25.4. The lowest BCUT2D eigenvalue weighted by atomic mass is 10.2. The molecular formula is C13H12N4O2S. The quantitative estimate of drug-likeness (QED) is 0.833. The van der Waals surface area contributed by atoms with Gasteiger partial charge in [0.2, 0.25) is 0 Å². The highest BCUT2D eigenvalue weighted by Crippen LogP contribution is 2.16. The maximum Gasteiger partial charge on any atom is 0.344 e. The minimum absolute atomic E-state index is 0.168. The molecular weight excluding hydrogens is 276 g/mol. The van der Waals surface area contributed by atoms with Gasteiger partial charge in [0.15, 0.2) is 5.03 Å². The Balaban J connectivity index is 2.17. The molecule has 0 saturated carbocycles. The van der Waals surface area contributed by atoms with Crippen LogP contribution >= 0.6 is 11.8 Å². The van der Waals surface area contributed by atoms with Crippen molar-refractivity contribution in [1.29, 1.82) is 5.26 Å². The first-order valence-electron chi connectivity index (χ1n) is 5.96. The number of nitrogens with zero attached hydrogens (tertiary/aromatic N) is 3. The van der Waals surface area contributed by atoms with Crippen molar-refractivity contribution < 1.29 is 0 Å². The second kappa shape index (κ2) is 6.73. The molecule has 0 spiro atoms. The van der Waals surface area contributed by atoms with E-state index in [2.05, 4.69) is 10.1 Å². The van der Waals surface area contributed by atoms with Gasteiger partial charge in [-0.1, -0.05) is 42.1 Å². The number of nitriles is 1. The second-order valence-electron chi connectivity index (χ2n) is 3.97. The number of benzene rings is 1. The topological polar surface area (TPSA) is 91.5 Å². The molecule has 1 N–H and O–H groups in total. The zero-order chi connectivity index (χ0) is 14.4. The van der Waals surface area contributed by atoms with Crippen LogP contribution in [0.5, 0.6) is 0 Å². The molecule has 0 aliphatic heterocycles. The van der Waals surface area contributed by atoms with Gasteiger partial charge in [0.25, 0.3) is 5.56 Å². The Kier molecular flexibility index (Phi) is 4.74. The van der Waals surface area contributed by atoms with Gasteiger partial charge in [-0.05, 0) is 5.56 Å². The number of hydrogen-bond donors (Lipinski definition) is 1. The van der Waals surface area contributed by atoms with Crippen molar-refractivity contribution in [2.75, 3.05) is 0 Å². The summed E-state index contributed by atoms with van der Waals surface area (Å²) in [7, 11) is 0. The smallest absolute Gasteiger partial charge is 0.270 e. The van der Waals surface area contributed by atoms with E-state index in [0.29, 0.717) is 5.75 Å². The van der Waals surface area contributed by atoms with Gasteiger partial charge in [0.05, 0.1) is 19.0 Å². The Hall–Kier alpha value is -2.33. The molecule has 2 rings (SSSR count). The van der Waals surface area contributed by atoms with Gasteiger partial charge in [-0.15, -0.1) is 0 Å². The van der Waals surface area contributed by atoms with Crippen molar-refractivity contribution in [3.8, 4) is 6.07 Å². The summed E-state index contributed by atoms with van der Waals surface area (Å²) in [5.74, 6) is 0.591. The van der Waals surface area contributed by atoms with E-state index in [4.69, 9.17) is 5.26 Å². The normalized spacial score (nSPS) is 10.2. The molecule has 20 heavy (non-hydrogen) atoms. The second-order valence-corrected chi connectivity index (χ2v) is 4.93. The fourth-order valence-electron chi connectivity index (χ4n) is 1.54. The lowest BCUT2D eigenvalue weighted by Crippen LogP contribution is -2.33. The van der Waals surface area contributed by atoms with Crippen molar-refractivity contribution >= 4 is 11.8 Å². The van der Waals surface area contributed by atoms with E-state index in [9.17, 15) is 9.59 Å². The summed E-state index contributed by atoms with van der Waals surface area (Å²) in [6, 6.07) is 11.6. The van der Waals surface area contributed by atoms with Crippen LogP contribution in [0.25, 0.3) is 0 Å². The van der Waals surface area contributed by atoms with Gasteiger partial charge in [0, 0.05) is 5.75 Å². The van der Waals surface area contributed by atoms with Gasteiger partial charge < -0.3 is 0 Å². The zero-order valence-electron chi connectivity index (χ0n) is 10.6. The molecule has 0 bridgehead atoms. The van der Waals surface area contributed by atoms with Crippen molar-refractivity contribution in [2.24, 2.45) is 0 Å². The minimum atomic E-state index is -0.589. The van der Waals surface area contributed by atoms with E-state index in [0.717, 1.165) is 10.2 Å².